The predicted octanol–water partition coefficient (Wildman–Crippen LogP) is 4.06. The van der Waals surface area contributed by atoms with E-state index >= 15 is 0 Å². The number of aliphatic hydroxyl groups is 1. The summed E-state index contributed by atoms with van der Waals surface area (Å²) >= 11 is 0. The van der Waals surface area contributed by atoms with Crippen LogP contribution in [0.3, 0.4) is 0 Å². The second-order valence-electron chi connectivity index (χ2n) is 9.98. The summed E-state index contributed by atoms with van der Waals surface area (Å²) in [7, 11) is -4.12. The molecule has 1 fully saturated rings. The fraction of sp³-hybridized carbons (Fsp3) is 0.241. The summed E-state index contributed by atoms with van der Waals surface area (Å²) in [5.74, 6) is -1.65. The van der Waals surface area contributed by atoms with Crippen LogP contribution in [0, 0.1) is 11.6 Å². The molecule has 9 nitrogen and oxygen atoms in total. The van der Waals surface area contributed by atoms with E-state index in [-0.39, 0.29) is 27.0 Å². The molecule has 3 aromatic carbocycles. The summed E-state index contributed by atoms with van der Waals surface area (Å²) in [5, 5.41) is 12.9. The van der Waals surface area contributed by atoms with Crippen molar-refractivity contribution in [2.24, 2.45) is 0 Å². The maximum Gasteiger partial charge on any atom is 0.261 e. The Morgan fingerprint density at radius 3 is 2.39 bits per heavy atom. The first-order valence-corrected chi connectivity index (χ1v) is 14.5. The van der Waals surface area contributed by atoms with E-state index < -0.39 is 45.3 Å². The van der Waals surface area contributed by atoms with E-state index in [1.807, 2.05) is 4.90 Å². The topological polar surface area (TPSA) is 132 Å². The van der Waals surface area contributed by atoms with E-state index in [4.69, 9.17) is 0 Å². The Hall–Kier alpha value is -4.29. The van der Waals surface area contributed by atoms with Gasteiger partial charge in [-0.05, 0) is 80.4 Å². The Kier molecular flexibility index (Phi) is 7.78. The van der Waals surface area contributed by atoms with E-state index in [1.165, 1.54) is 42.5 Å². The molecule has 1 aliphatic rings. The molecule has 1 atom stereocenters. The third kappa shape index (κ3) is 6.23. The molecular weight excluding hydrogens is 554 g/mol. The van der Waals surface area contributed by atoms with Crippen molar-refractivity contribution in [2.75, 3.05) is 22.7 Å². The molecule has 0 radical (unpaired) electrons. The van der Waals surface area contributed by atoms with Crippen LogP contribution in [0.1, 0.15) is 41.7 Å². The molecule has 1 saturated heterocycles. The van der Waals surface area contributed by atoms with Gasteiger partial charge in [0.1, 0.15) is 11.6 Å². The number of pyridine rings is 1. The van der Waals surface area contributed by atoms with Crippen LogP contribution in [0.5, 0.6) is 0 Å². The lowest BCUT2D eigenvalue weighted by Gasteiger charge is -2.34. The molecule has 1 aliphatic heterocycles. The molecule has 4 N–H and O–H groups in total. The van der Waals surface area contributed by atoms with Crippen molar-refractivity contribution in [3.05, 3.63) is 99.8 Å². The zero-order valence-electron chi connectivity index (χ0n) is 22.0. The smallest absolute Gasteiger partial charge is 0.261 e. The molecule has 0 saturated carbocycles. The van der Waals surface area contributed by atoms with E-state index in [9.17, 15) is 31.9 Å². The molecule has 0 spiro atoms. The molecular formula is C29H28F2N4O5S. The summed E-state index contributed by atoms with van der Waals surface area (Å²) in [6.07, 6.45) is 0.742. The predicted molar refractivity (Wildman–Crippen MR) is 152 cm³/mol. The number of benzene rings is 3. The molecule has 214 valence electrons. The lowest BCUT2D eigenvalue weighted by atomic mass is 10.0. The number of hydrogen-bond donors (Lipinski definition) is 4. The highest BCUT2D eigenvalue weighted by Gasteiger charge is 2.24. The lowest BCUT2D eigenvalue weighted by molar-refractivity contribution is 0.0941. The van der Waals surface area contributed by atoms with E-state index in [0.29, 0.717) is 31.5 Å². The quantitative estimate of drug-likeness (QED) is 0.260. The first-order valence-electron chi connectivity index (χ1n) is 13.0. The van der Waals surface area contributed by atoms with Gasteiger partial charge in [-0.25, -0.2) is 17.2 Å². The molecule has 5 rings (SSSR count). The second kappa shape index (κ2) is 11.3. The lowest BCUT2D eigenvalue weighted by Crippen LogP contribution is -2.37. The van der Waals surface area contributed by atoms with Gasteiger partial charge in [0.05, 0.1) is 22.6 Å². The molecule has 1 unspecified atom stereocenters. The normalized spacial score (nSPS) is 15.1. The molecule has 12 heteroatoms. The number of halogens is 2. The second-order valence-corrected chi connectivity index (χ2v) is 11.7. The fourth-order valence-corrected chi connectivity index (χ4v) is 6.02. The van der Waals surface area contributed by atoms with Crippen molar-refractivity contribution in [3.8, 4) is 0 Å². The number of nitrogens with one attached hydrogen (secondary N) is 3. The van der Waals surface area contributed by atoms with Crippen LogP contribution in [-0.2, 0) is 10.0 Å². The Labute approximate surface area is 234 Å². The third-order valence-electron chi connectivity index (χ3n) is 7.07. The number of H-pyrrole nitrogens is 1. The number of hydrogen-bond acceptors (Lipinski definition) is 6. The highest BCUT2D eigenvalue weighted by molar-refractivity contribution is 7.92. The maximum absolute atomic E-state index is 14.3. The van der Waals surface area contributed by atoms with Gasteiger partial charge in [0, 0.05) is 47.0 Å². The first kappa shape index (κ1) is 28.2. The monoisotopic (exact) mass is 582 g/mol. The standard InChI is InChI=1S/C29H28F2N4O5S/c1-17(23-14-19(31)4-9-27(23)35-12-10-21(36)11-13-35)32-29(38)25-16-28(37)33-26-8-7-22(15-24(25)26)41(39,40)34-20-5-2-18(30)3-6-20/h2-9,14-17,21,34,36H,10-13H2,1H3,(H,32,38)(H,33,37). The molecule has 0 aliphatic carbocycles. The largest absolute Gasteiger partial charge is 0.393 e. The third-order valence-corrected chi connectivity index (χ3v) is 8.45. The van der Waals surface area contributed by atoms with Gasteiger partial charge < -0.3 is 20.3 Å². The minimum Gasteiger partial charge on any atom is -0.393 e. The van der Waals surface area contributed by atoms with Crippen molar-refractivity contribution in [1.29, 1.82) is 0 Å². The van der Waals surface area contributed by atoms with Gasteiger partial charge in [-0.15, -0.1) is 0 Å². The molecule has 1 amide bonds. The summed E-state index contributed by atoms with van der Waals surface area (Å²) in [4.78, 5) is 30.3. The van der Waals surface area contributed by atoms with E-state index in [1.54, 1.807) is 13.0 Å². The number of carbonyl (C=O) groups is 1. The summed E-state index contributed by atoms with van der Waals surface area (Å²) in [6, 6.07) is 13.4. The van der Waals surface area contributed by atoms with Crippen molar-refractivity contribution >= 4 is 38.2 Å². The minimum absolute atomic E-state index is 0.0616. The van der Waals surface area contributed by atoms with Gasteiger partial charge in [-0.3, -0.25) is 14.3 Å². The molecule has 4 aromatic rings. The van der Waals surface area contributed by atoms with Crippen LogP contribution in [-0.4, -0.2) is 43.6 Å². The zero-order chi connectivity index (χ0) is 29.3. The Morgan fingerprint density at radius 1 is 1.00 bits per heavy atom. The van der Waals surface area contributed by atoms with Gasteiger partial charge in [0.2, 0.25) is 5.56 Å². The highest BCUT2D eigenvalue weighted by Crippen LogP contribution is 2.30. The number of piperidine rings is 1. The maximum atomic E-state index is 14.3. The van der Waals surface area contributed by atoms with Crippen molar-refractivity contribution in [3.63, 3.8) is 0 Å². The zero-order valence-corrected chi connectivity index (χ0v) is 22.8. The van der Waals surface area contributed by atoms with Crippen molar-refractivity contribution < 1.29 is 27.1 Å². The van der Waals surface area contributed by atoms with Gasteiger partial charge >= 0.3 is 0 Å². The average Bonchev–Trinajstić information content (AvgIpc) is 2.94. The van der Waals surface area contributed by atoms with Gasteiger partial charge in [-0.1, -0.05) is 0 Å². The van der Waals surface area contributed by atoms with Crippen LogP contribution in [0.25, 0.3) is 10.9 Å². The number of carbonyl (C=O) groups excluding carboxylic acids is 1. The first-order chi connectivity index (χ1) is 19.5. The van der Waals surface area contributed by atoms with Crippen LogP contribution in [0.15, 0.2) is 76.4 Å². The summed E-state index contributed by atoms with van der Waals surface area (Å²) in [6.45, 7) is 2.83. The molecule has 0 bridgehead atoms. The Morgan fingerprint density at radius 2 is 1.68 bits per heavy atom. The number of nitrogens with zero attached hydrogens (tertiary/aromatic N) is 1. The van der Waals surface area contributed by atoms with Gasteiger partial charge in [0.15, 0.2) is 0 Å². The summed E-state index contributed by atoms with van der Waals surface area (Å²) < 4.78 is 56.0. The van der Waals surface area contributed by atoms with Crippen molar-refractivity contribution in [1.82, 2.24) is 10.3 Å². The van der Waals surface area contributed by atoms with Crippen LogP contribution in [0.2, 0.25) is 0 Å². The highest BCUT2D eigenvalue weighted by atomic mass is 32.2. The van der Waals surface area contributed by atoms with Crippen LogP contribution >= 0.6 is 0 Å². The fourth-order valence-electron chi connectivity index (χ4n) is 4.94. The molecule has 41 heavy (non-hydrogen) atoms. The number of sulfonamides is 1. The molecule has 1 aromatic heterocycles. The number of aromatic amines is 1. The Balaban J connectivity index is 1.46. The van der Waals surface area contributed by atoms with Crippen LogP contribution < -0.4 is 20.5 Å². The van der Waals surface area contributed by atoms with E-state index in [0.717, 1.165) is 23.9 Å². The Bertz CT molecular complexity index is 1770. The number of fused-ring (bicyclic) bond motifs is 1. The van der Waals surface area contributed by atoms with Crippen LogP contribution in [0.4, 0.5) is 20.2 Å². The van der Waals surface area contributed by atoms with Crippen molar-refractivity contribution in [2.45, 2.75) is 36.8 Å². The minimum atomic E-state index is -4.12. The number of amides is 1. The van der Waals surface area contributed by atoms with E-state index in [2.05, 4.69) is 15.0 Å². The number of rotatable bonds is 7. The number of aliphatic hydroxyl groups excluding tert-OH is 1. The average molecular weight is 583 g/mol. The number of anilines is 2. The number of aromatic nitrogens is 1. The van der Waals surface area contributed by atoms with Gasteiger partial charge in [-0.2, -0.15) is 0 Å². The molecule has 2 heterocycles. The summed E-state index contributed by atoms with van der Waals surface area (Å²) in [5.41, 5.74) is 1.02. The van der Waals surface area contributed by atoms with Gasteiger partial charge in [0.25, 0.3) is 15.9 Å². The SMILES string of the molecule is CC(NC(=O)c1cc(=O)[nH]c2ccc(S(=O)(=O)Nc3ccc(F)cc3)cc12)c1cc(F)ccc1N1CCC(O)CC1.